The molecule has 2 aromatic rings. The fourth-order valence-corrected chi connectivity index (χ4v) is 2.43. The van der Waals surface area contributed by atoms with Gasteiger partial charge in [-0.3, -0.25) is 4.79 Å². The lowest BCUT2D eigenvalue weighted by molar-refractivity contribution is -0.144. The van der Waals surface area contributed by atoms with Crippen LogP contribution in [0.3, 0.4) is 0 Å². The van der Waals surface area contributed by atoms with E-state index in [1.54, 1.807) is 48.5 Å². The molecule has 5 nitrogen and oxygen atoms in total. The number of benzene rings is 2. The smallest absolute Gasteiger partial charge is 0.346 e. The summed E-state index contributed by atoms with van der Waals surface area (Å²) in [7, 11) is 0. The van der Waals surface area contributed by atoms with E-state index in [9.17, 15) is 14.7 Å². The van der Waals surface area contributed by atoms with Crippen LogP contribution < -0.4 is 9.64 Å². The molecule has 2 aromatic carbocycles. The zero-order valence-electron chi connectivity index (χ0n) is 11.4. The number of carbonyl (C=O) groups is 2. The Hall–Kier alpha value is -2.53. The number of nitrogens with zero attached hydrogens (tertiary/aromatic N) is 1. The lowest BCUT2D eigenvalue weighted by Crippen LogP contribution is -2.47. The van der Waals surface area contributed by atoms with Gasteiger partial charge in [0, 0.05) is 10.6 Å². The van der Waals surface area contributed by atoms with Gasteiger partial charge in [-0.15, -0.1) is 0 Å². The number of carboxylic acids is 1. The van der Waals surface area contributed by atoms with Gasteiger partial charge in [0.1, 0.15) is 5.75 Å². The molecule has 112 valence electrons. The second kappa shape index (κ2) is 5.69. The standard InChI is InChI=1S/C16H12ClNO4/c17-11-7-5-10(6-8-11)15(19)18-9-14(16(20)21)22-13-4-2-1-3-12(13)18/h1-8,14H,9H2,(H,20,21)/t14-/m1/s1. The Morgan fingerprint density at radius 2 is 1.82 bits per heavy atom. The predicted molar refractivity (Wildman–Crippen MR) is 81.6 cm³/mol. The highest BCUT2D eigenvalue weighted by atomic mass is 35.5. The average molecular weight is 318 g/mol. The van der Waals surface area contributed by atoms with Crippen molar-refractivity contribution in [1.82, 2.24) is 0 Å². The number of para-hydroxylation sites is 2. The second-order valence-corrected chi connectivity index (χ2v) is 5.27. The maximum atomic E-state index is 12.7. The van der Waals surface area contributed by atoms with E-state index in [1.807, 2.05) is 0 Å². The molecule has 6 heteroatoms. The highest BCUT2D eigenvalue weighted by Gasteiger charge is 2.33. The topological polar surface area (TPSA) is 66.8 Å². The minimum absolute atomic E-state index is 0.0478. The molecule has 0 spiro atoms. The first-order valence-corrected chi connectivity index (χ1v) is 7.00. The summed E-state index contributed by atoms with van der Waals surface area (Å²) in [5.74, 6) is -1.02. The highest BCUT2D eigenvalue weighted by molar-refractivity contribution is 6.30. The van der Waals surface area contributed by atoms with Crippen molar-refractivity contribution < 1.29 is 19.4 Å². The predicted octanol–water partition coefficient (Wildman–Crippen LogP) is 2.83. The Balaban J connectivity index is 1.99. The van der Waals surface area contributed by atoms with E-state index >= 15 is 0 Å². The number of aliphatic carboxylic acids is 1. The molecule has 0 bridgehead atoms. The van der Waals surface area contributed by atoms with E-state index in [2.05, 4.69) is 0 Å². The summed E-state index contributed by atoms with van der Waals surface area (Å²) in [4.78, 5) is 25.3. The summed E-state index contributed by atoms with van der Waals surface area (Å²) in [5.41, 5.74) is 0.991. The summed E-state index contributed by atoms with van der Waals surface area (Å²) < 4.78 is 5.41. The number of ether oxygens (including phenoxy) is 1. The van der Waals surface area contributed by atoms with Gasteiger partial charge in [-0.25, -0.2) is 4.79 Å². The molecular weight excluding hydrogens is 306 g/mol. The number of carbonyl (C=O) groups excluding carboxylic acids is 1. The maximum absolute atomic E-state index is 12.7. The third-order valence-electron chi connectivity index (χ3n) is 3.39. The van der Waals surface area contributed by atoms with Crippen molar-refractivity contribution in [2.75, 3.05) is 11.4 Å². The Kier molecular flexibility index (Phi) is 3.73. The Labute approximate surface area is 131 Å². The van der Waals surface area contributed by atoms with Gasteiger partial charge in [0.2, 0.25) is 6.10 Å². The van der Waals surface area contributed by atoms with Crippen LogP contribution >= 0.6 is 11.6 Å². The Morgan fingerprint density at radius 3 is 2.50 bits per heavy atom. The van der Waals surface area contributed by atoms with Gasteiger partial charge < -0.3 is 14.7 Å². The molecule has 1 heterocycles. The molecule has 22 heavy (non-hydrogen) atoms. The van der Waals surface area contributed by atoms with Gasteiger partial charge in [-0.1, -0.05) is 23.7 Å². The first-order chi connectivity index (χ1) is 10.6. The zero-order chi connectivity index (χ0) is 15.7. The molecule has 1 aliphatic rings. The largest absolute Gasteiger partial charge is 0.478 e. The van der Waals surface area contributed by atoms with Crippen LogP contribution in [0.1, 0.15) is 10.4 Å². The van der Waals surface area contributed by atoms with E-state index in [-0.39, 0.29) is 12.5 Å². The summed E-state index contributed by atoms with van der Waals surface area (Å²) >= 11 is 5.83. The van der Waals surface area contributed by atoms with Crippen molar-refractivity contribution in [2.45, 2.75) is 6.10 Å². The van der Waals surface area contributed by atoms with Gasteiger partial charge >= 0.3 is 5.97 Å². The molecular formula is C16H12ClNO4. The van der Waals surface area contributed by atoms with Gasteiger partial charge in [0.15, 0.2) is 0 Å². The minimum atomic E-state index is -1.11. The lowest BCUT2D eigenvalue weighted by Gasteiger charge is -2.33. The minimum Gasteiger partial charge on any atom is -0.478 e. The Bertz CT molecular complexity index is 729. The number of anilines is 1. The number of rotatable bonds is 2. The molecule has 1 amide bonds. The highest BCUT2D eigenvalue weighted by Crippen LogP contribution is 2.34. The van der Waals surface area contributed by atoms with E-state index in [0.29, 0.717) is 22.0 Å². The number of halogens is 1. The molecule has 1 atom stereocenters. The molecule has 3 rings (SSSR count). The average Bonchev–Trinajstić information content (AvgIpc) is 2.53. The number of fused-ring (bicyclic) bond motifs is 1. The van der Waals surface area contributed by atoms with E-state index in [4.69, 9.17) is 16.3 Å². The summed E-state index contributed by atoms with van der Waals surface area (Å²) in [6.07, 6.45) is -1.09. The maximum Gasteiger partial charge on any atom is 0.346 e. The van der Waals surface area contributed by atoms with E-state index in [0.717, 1.165) is 0 Å². The van der Waals surface area contributed by atoms with Crippen LogP contribution in [0.2, 0.25) is 5.02 Å². The van der Waals surface area contributed by atoms with Crippen molar-refractivity contribution in [3.05, 3.63) is 59.1 Å². The third-order valence-corrected chi connectivity index (χ3v) is 3.64. The van der Waals surface area contributed by atoms with Gasteiger partial charge in [-0.2, -0.15) is 0 Å². The molecule has 1 aliphatic heterocycles. The molecule has 0 aromatic heterocycles. The SMILES string of the molecule is O=C(O)[C@H]1CN(C(=O)c2ccc(Cl)cc2)c2ccccc2O1. The van der Waals surface area contributed by atoms with Crippen molar-refractivity contribution in [3.8, 4) is 5.75 Å². The monoisotopic (exact) mass is 317 g/mol. The van der Waals surface area contributed by atoms with Gasteiger partial charge in [0.25, 0.3) is 5.91 Å². The van der Waals surface area contributed by atoms with Crippen LogP contribution in [-0.4, -0.2) is 29.6 Å². The molecule has 0 fully saturated rings. The van der Waals surface area contributed by atoms with E-state index < -0.39 is 12.1 Å². The number of carboxylic acid groups (broad SMARTS) is 1. The quantitative estimate of drug-likeness (QED) is 0.925. The molecule has 0 aliphatic carbocycles. The molecule has 0 saturated carbocycles. The van der Waals surface area contributed by atoms with Crippen LogP contribution in [0.5, 0.6) is 5.75 Å². The summed E-state index contributed by atoms with van der Waals surface area (Å²) in [6, 6.07) is 13.3. The fourth-order valence-electron chi connectivity index (χ4n) is 2.30. The number of hydrogen-bond acceptors (Lipinski definition) is 3. The first-order valence-electron chi connectivity index (χ1n) is 6.62. The van der Waals surface area contributed by atoms with Crippen LogP contribution in [-0.2, 0) is 4.79 Å². The van der Waals surface area contributed by atoms with Crippen molar-refractivity contribution in [3.63, 3.8) is 0 Å². The molecule has 0 radical (unpaired) electrons. The van der Waals surface area contributed by atoms with Crippen molar-refractivity contribution in [1.29, 1.82) is 0 Å². The van der Waals surface area contributed by atoms with Crippen LogP contribution in [0, 0.1) is 0 Å². The van der Waals surface area contributed by atoms with Crippen LogP contribution in [0.25, 0.3) is 0 Å². The molecule has 1 N–H and O–H groups in total. The number of amides is 1. The first kappa shape index (κ1) is 14.4. The second-order valence-electron chi connectivity index (χ2n) is 4.84. The molecule has 0 saturated heterocycles. The lowest BCUT2D eigenvalue weighted by atomic mass is 10.1. The third kappa shape index (κ3) is 2.63. The number of hydrogen-bond donors (Lipinski definition) is 1. The van der Waals surface area contributed by atoms with Crippen LogP contribution in [0.15, 0.2) is 48.5 Å². The van der Waals surface area contributed by atoms with Gasteiger partial charge in [-0.05, 0) is 36.4 Å². The van der Waals surface area contributed by atoms with Gasteiger partial charge in [0.05, 0.1) is 12.2 Å². The summed E-state index contributed by atoms with van der Waals surface area (Å²) in [6.45, 7) is -0.0478. The fraction of sp³-hybridized carbons (Fsp3) is 0.125. The Morgan fingerprint density at radius 1 is 1.14 bits per heavy atom. The normalized spacial score (nSPS) is 16.6. The van der Waals surface area contributed by atoms with E-state index in [1.165, 1.54) is 4.90 Å². The zero-order valence-corrected chi connectivity index (χ0v) is 12.2. The summed E-state index contributed by atoms with van der Waals surface area (Å²) in [5, 5.41) is 9.72. The van der Waals surface area contributed by atoms with Crippen molar-refractivity contribution >= 4 is 29.2 Å². The van der Waals surface area contributed by atoms with Crippen molar-refractivity contribution in [2.24, 2.45) is 0 Å². The van der Waals surface area contributed by atoms with Crippen LogP contribution in [0.4, 0.5) is 5.69 Å². The molecule has 0 unspecified atom stereocenters.